The zero-order chi connectivity index (χ0) is 14.5. The van der Waals surface area contributed by atoms with Gasteiger partial charge in [0.25, 0.3) is 0 Å². The number of aryl methyl sites for hydroxylation is 2. The molecule has 0 aliphatic carbocycles. The summed E-state index contributed by atoms with van der Waals surface area (Å²) < 4.78 is 4.69. The lowest BCUT2D eigenvalue weighted by Crippen LogP contribution is -1.98. The Morgan fingerprint density at radius 3 is 2.80 bits per heavy atom. The van der Waals surface area contributed by atoms with Crippen LogP contribution in [0.2, 0.25) is 0 Å². The first kappa shape index (κ1) is 14.9. The molecule has 1 N–H and O–H groups in total. The van der Waals surface area contributed by atoms with Gasteiger partial charge in [0.2, 0.25) is 0 Å². The Kier molecular flexibility index (Phi) is 5.09. The van der Waals surface area contributed by atoms with Gasteiger partial charge in [0.05, 0.1) is 13.0 Å². The number of rotatable bonds is 5. The Bertz CT molecular complexity index is 608. The number of nitrogens with one attached hydrogen (secondary N) is 1. The summed E-state index contributed by atoms with van der Waals surface area (Å²) in [6.45, 7) is 4.21. The summed E-state index contributed by atoms with van der Waals surface area (Å²) in [6, 6.07) is 8.20. The van der Waals surface area contributed by atoms with Crippen molar-refractivity contribution >= 4 is 34.8 Å². The fourth-order valence-corrected chi connectivity index (χ4v) is 3.44. The minimum Gasteiger partial charge on any atom is -0.465 e. The van der Waals surface area contributed by atoms with E-state index in [2.05, 4.69) is 37.4 Å². The first-order valence-electron chi connectivity index (χ1n) is 6.21. The van der Waals surface area contributed by atoms with Gasteiger partial charge in [-0.05, 0) is 43.2 Å². The van der Waals surface area contributed by atoms with Crippen molar-refractivity contribution in [3.05, 3.63) is 45.6 Å². The maximum atomic E-state index is 11.4. The maximum Gasteiger partial charge on any atom is 0.348 e. The number of methoxy groups -OCH3 is 1. The van der Waals surface area contributed by atoms with E-state index in [1.54, 1.807) is 11.8 Å². The van der Waals surface area contributed by atoms with Crippen molar-refractivity contribution in [3.63, 3.8) is 0 Å². The lowest BCUT2D eigenvalue weighted by molar-refractivity contribution is 0.0606. The molecule has 0 radical (unpaired) electrons. The van der Waals surface area contributed by atoms with Crippen LogP contribution < -0.4 is 5.32 Å². The second kappa shape index (κ2) is 6.81. The lowest BCUT2D eigenvalue weighted by atomic mass is 10.1. The second-order valence-corrected chi connectivity index (χ2v) is 6.36. The van der Waals surface area contributed by atoms with E-state index >= 15 is 0 Å². The Labute approximate surface area is 127 Å². The normalized spacial score (nSPS) is 10.3. The van der Waals surface area contributed by atoms with E-state index in [4.69, 9.17) is 4.74 Å². The van der Waals surface area contributed by atoms with Crippen LogP contribution in [0, 0.1) is 13.8 Å². The molecule has 0 unspecified atom stereocenters. The van der Waals surface area contributed by atoms with Crippen molar-refractivity contribution in [3.8, 4) is 0 Å². The summed E-state index contributed by atoms with van der Waals surface area (Å²) in [6.07, 6.45) is 0. The average molecular weight is 307 g/mol. The van der Waals surface area contributed by atoms with Crippen molar-refractivity contribution in [2.24, 2.45) is 0 Å². The molecule has 0 saturated heterocycles. The van der Waals surface area contributed by atoms with Gasteiger partial charge in [-0.25, -0.2) is 4.79 Å². The van der Waals surface area contributed by atoms with Crippen molar-refractivity contribution in [1.82, 2.24) is 0 Å². The van der Waals surface area contributed by atoms with Crippen LogP contribution in [0.4, 0.5) is 5.69 Å². The SMILES string of the molecule is COC(=O)c1cc(SCNc2ccc(C)c(C)c2)cs1. The number of thioether (sulfide) groups is 1. The molecule has 0 bridgehead atoms. The van der Waals surface area contributed by atoms with E-state index < -0.39 is 0 Å². The number of ether oxygens (including phenoxy) is 1. The molecule has 0 amide bonds. The van der Waals surface area contributed by atoms with Crippen LogP contribution in [0.25, 0.3) is 0 Å². The fourth-order valence-electron chi connectivity index (χ4n) is 1.66. The molecule has 0 spiro atoms. The number of esters is 1. The van der Waals surface area contributed by atoms with E-state index in [0.717, 1.165) is 16.5 Å². The van der Waals surface area contributed by atoms with E-state index in [0.29, 0.717) is 4.88 Å². The molecule has 106 valence electrons. The quantitative estimate of drug-likeness (QED) is 0.507. The van der Waals surface area contributed by atoms with Crippen LogP contribution in [0.15, 0.2) is 34.5 Å². The van der Waals surface area contributed by atoms with E-state index in [-0.39, 0.29) is 5.97 Å². The smallest absolute Gasteiger partial charge is 0.348 e. The van der Waals surface area contributed by atoms with Gasteiger partial charge in [0.15, 0.2) is 0 Å². The first-order valence-corrected chi connectivity index (χ1v) is 8.07. The van der Waals surface area contributed by atoms with Crippen molar-refractivity contribution in [2.75, 3.05) is 18.3 Å². The number of thiophene rings is 1. The van der Waals surface area contributed by atoms with E-state index in [1.807, 2.05) is 11.4 Å². The Morgan fingerprint density at radius 2 is 2.10 bits per heavy atom. The van der Waals surface area contributed by atoms with Gasteiger partial charge < -0.3 is 10.1 Å². The zero-order valence-corrected chi connectivity index (χ0v) is 13.4. The van der Waals surface area contributed by atoms with E-state index in [1.165, 1.54) is 29.6 Å². The van der Waals surface area contributed by atoms with Crippen LogP contribution in [0.3, 0.4) is 0 Å². The van der Waals surface area contributed by atoms with Crippen LogP contribution in [0.5, 0.6) is 0 Å². The average Bonchev–Trinajstić information content (AvgIpc) is 2.91. The highest BCUT2D eigenvalue weighted by Crippen LogP contribution is 2.25. The highest BCUT2D eigenvalue weighted by atomic mass is 32.2. The highest BCUT2D eigenvalue weighted by molar-refractivity contribution is 7.99. The number of hydrogen-bond donors (Lipinski definition) is 1. The summed E-state index contributed by atoms with van der Waals surface area (Å²) in [7, 11) is 1.40. The number of hydrogen-bond acceptors (Lipinski definition) is 5. The van der Waals surface area contributed by atoms with Crippen molar-refractivity contribution < 1.29 is 9.53 Å². The molecule has 0 saturated carbocycles. The fraction of sp³-hybridized carbons (Fsp3) is 0.267. The molecular weight excluding hydrogens is 290 g/mol. The Morgan fingerprint density at radius 1 is 1.30 bits per heavy atom. The van der Waals surface area contributed by atoms with Crippen LogP contribution in [0.1, 0.15) is 20.8 Å². The Hall–Kier alpha value is -1.46. The molecule has 1 heterocycles. The van der Waals surface area contributed by atoms with Gasteiger partial charge in [-0.3, -0.25) is 0 Å². The van der Waals surface area contributed by atoms with Gasteiger partial charge in [-0.2, -0.15) is 0 Å². The monoisotopic (exact) mass is 307 g/mol. The van der Waals surface area contributed by atoms with Crippen LogP contribution in [-0.2, 0) is 4.74 Å². The molecule has 1 aromatic heterocycles. The third kappa shape index (κ3) is 3.77. The molecule has 0 aliphatic heterocycles. The standard InChI is InChI=1S/C15H17NO2S2/c1-10-4-5-12(6-11(10)2)16-9-20-13-7-14(19-8-13)15(17)18-3/h4-8,16H,9H2,1-3H3. The van der Waals surface area contributed by atoms with Gasteiger partial charge in [-0.15, -0.1) is 23.1 Å². The van der Waals surface area contributed by atoms with Gasteiger partial charge >= 0.3 is 5.97 Å². The predicted molar refractivity (Wildman–Crippen MR) is 85.9 cm³/mol. The number of anilines is 1. The van der Waals surface area contributed by atoms with Gasteiger partial charge in [0, 0.05) is 16.0 Å². The first-order chi connectivity index (χ1) is 9.60. The molecule has 2 rings (SSSR count). The molecular formula is C15H17NO2S2. The molecule has 0 fully saturated rings. The third-order valence-electron chi connectivity index (χ3n) is 2.98. The van der Waals surface area contributed by atoms with Crippen molar-refractivity contribution in [1.29, 1.82) is 0 Å². The third-order valence-corrected chi connectivity index (χ3v) is 4.90. The molecule has 0 atom stereocenters. The van der Waals surface area contributed by atoms with Gasteiger partial charge in [0.1, 0.15) is 4.88 Å². The Balaban J connectivity index is 1.88. The van der Waals surface area contributed by atoms with Gasteiger partial charge in [-0.1, -0.05) is 6.07 Å². The lowest BCUT2D eigenvalue weighted by Gasteiger charge is -2.07. The molecule has 3 nitrogen and oxygen atoms in total. The number of carbonyl (C=O) groups is 1. The summed E-state index contributed by atoms with van der Waals surface area (Å²) in [5.74, 6) is 0.490. The van der Waals surface area contributed by atoms with Crippen LogP contribution in [-0.4, -0.2) is 19.0 Å². The zero-order valence-electron chi connectivity index (χ0n) is 11.7. The molecule has 2 aromatic rings. The molecule has 1 aromatic carbocycles. The largest absolute Gasteiger partial charge is 0.465 e. The highest BCUT2D eigenvalue weighted by Gasteiger charge is 2.08. The van der Waals surface area contributed by atoms with E-state index in [9.17, 15) is 4.79 Å². The second-order valence-electron chi connectivity index (χ2n) is 4.40. The van der Waals surface area contributed by atoms with Crippen LogP contribution >= 0.6 is 23.1 Å². The molecule has 0 aliphatic rings. The number of carbonyl (C=O) groups excluding carboxylic acids is 1. The minimum atomic E-state index is -0.274. The number of benzene rings is 1. The molecule has 5 heteroatoms. The summed E-state index contributed by atoms with van der Waals surface area (Å²) in [5.41, 5.74) is 3.69. The summed E-state index contributed by atoms with van der Waals surface area (Å²) in [4.78, 5) is 13.1. The summed E-state index contributed by atoms with van der Waals surface area (Å²) in [5, 5.41) is 5.34. The van der Waals surface area contributed by atoms with Crippen molar-refractivity contribution in [2.45, 2.75) is 18.7 Å². The summed E-state index contributed by atoms with van der Waals surface area (Å²) >= 11 is 3.08. The molecule has 20 heavy (non-hydrogen) atoms. The maximum absolute atomic E-state index is 11.4. The predicted octanol–water partition coefficient (Wildman–Crippen LogP) is 4.31. The minimum absolute atomic E-state index is 0.274. The topological polar surface area (TPSA) is 38.3 Å².